The van der Waals surface area contributed by atoms with E-state index in [2.05, 4.69) is 10.6 Å². The molecule has 0 bridgehead atoms. The SMILES string of the molecule is O=C(O)CCC(=O)NC(=O)NCC1CSCCS1. The van der Waals surface area contributed by atoms with Crippen LogP contribution in [0, 0.1) is 0 Å². The third-order valence-corrected chi connectivity index (χ3v) is 5.04. The van der Waals surface area contributed by atoms with E-state index < -0.39 is 17.9 Å². The van der Waals surface area contributed by atoms with Crippen LogP contribution < -0.4 is 10.6 Å². The lowest BCUT2D eigenvalue weighted by Crippen LogP contribution is -2.42. The monoisotopic (exact) mass is 292 g/mol. The van der Waals surface area contributed by atoms with Crippen LogP contribution in [0.3, 0.4) is 0 Å². The third kappa shape index (κ3) is 6.75. The number of carbonyl (C=O) groups is 3. The fourth-order valence-corrected chi connectivity index (χ4v) is 3.93. The van der Waals surface area contributed by atoms with Gasteiger partial charge in [-0.05, 0) is 0 Å². The second-order valence-corrected chi connectivity index (χ2v) is 6.28. The Morgan fingerprint density at radius 3 is 2.61 bits per heavy atom. The number of thioether (sulfide) groups is 2. The zero-order valence-electron chi connectivity index (χ0n) is 9.81. The summed E-state index contributed by atoms with van der Waals surface area (Å²) < 4.78 is 0. The molecular weight excluding hydrogens is 276 g/mol. The van der Waals surface area contributed by atoms with E-state index in [0.29, 0.717) is 11.8 Å². The molecular formula is C10H16N2O4S2. The predicted molar refractivity (Wildman–Crippen MR) is 72.0 cm³/mol. The van der Waals surface area contributed by atoms with Crippen molar-refractivity contribution in [1.29, 1.82) is 0 Å². The van der Waals surface area contributed by atoms with Gasteiger partial charge in [-0.25, -0.2) is 4.79 Å². The van der Waals surface area contributed by atoms with Crippen molar-refractivity contribution < 1.29 is 19.5 Å². The number of hydrogen-bond donors (Lipinski definition) is 3. The fourth-order valence-electron chi connectivity index (χ4n) is 1.31. The smallest absolute Gasteiger partial charge is 0.321 e. The van der Waals surface area contributed by atoms with Gasteiger partial charge in [0.1, 0.15) is 0 Å². The second-order valence-electron chi connectivity index (χ2n) is 3.72. The summed E-state index contributed by atoms with van der Waals surface area (Å²) in [5.74, 6) is 1.59. The van der Waals surface area contributed by atoms with Crippen molar-refractivity contribution in [2.45, 2.75) is 18.1 Å². The Balaban J connectivity index is 2.12. The summed E-state index contributed by atoms with van der Waals surface area (Å²) in [4.78, 5) is 32.7. The number of imide groups is 1. The Hall–Kier alpha value is -0.890. The highest BCUT2D eigenvalue weighted by molar-refractivity contribution is 8.06. The van der Waals surface area contributed by atoms with Gasteiger partial charge in [0.2, 0.25) is 5.91 Å². The van der Waals surface area contributed by atoms with E-state index in [1.165, 1.54) is 0 Å². The topological polar surface area (TPSA) is 95.5 Å². The molecule has 0 radical (unpaired) electrons. The molecule has 1 atom stereocenters. The summed E-state index contributed by atoms with van der Waals surface area (Å²) in [6.45, 7) is 0.524. The average Bonchev–Trinajstić information content (AvgIpc) is 2.35. The van der Waals surface area contributed by atoms with Crippen LogP contribution in [0.5, 0.6) is 0 Å². The van der Waals surface area contributed by atoms with Gasteiger partial charge in [0.05, 0.1) is 6.42 Å². The number of carbonyl (C=O) groups excluding carboxylic acids is 2. The molecule has 1 fully saturated rings. The lowest BCUT2D eigenvalue weighted by atomic mass is 10.3. The molecule has 1 saturated heterocycles. The Labute approximate surface area is 114 Å². The number of urea groups is 1. The highest BCUT2D eigenvalue weighted by atomic mass is 32.2. The number of aliphatic carboxylic acids is 1. The largest absolute Gasteiger partial charge is 0.481 e. The molecule has 8 heteroatoms. The zero-order valence-corrected chi connectivity index (χ0v) is 11.4. The zero-order chi connectivity index (χ0) is 13.4. The minimum absolute atomic E-state index is 0.184. The van der Waals surface area contributed by atoms with Crippen molar-refractivity contribution in [3.8, 4) is 0 Å². The number of nitrogens with one attached hydrogen (secondary N) is 2. The molecule has 1 unspecified atom stereocenters. The fraction of sp³-hybridized carbons (Fsp3) is 0.700. The van der Waals surface area contributed by atoms with E-state index in [1.807, 2.05) is 23.5 Å². The van der Waals surface area contributed by atoms with Gasteiger partial charge in [-0.15, -0.1) is 0 Å². The van der Waals surface area contributed by atoms with Crippen molar-refractivity contribution in [2.75, 3.05) is 23.8 Å². The van der Waals surface area contributed by atoms with Crippen molar-refractivity contribution in [3.05, 3.63) is 0 Å². The van der Waals surface area contributed by atoms with Crippen LogP contribution in [0.4, 0.5) is 4.79 Å². The van der Waals surface area contributed by atoms with Crippen LogP contribution in [0.1, 0.15) is 12.8 Å². The van der Waals surface area contributed by atoms with Gasteiger partial charge in [-0.3, -0.25) is 14.9 Å². The van der Waals surface area contributed by atoms with Crippen molar-refractivity contribution in [3.63, 3.8) is 0 Å². The van der Waals surface area contributed by atoms with E-state index in [0.717, 1.165) is 17.3 Å². The third-order valence-electron chi connectivity index (χ3n) is 2.19. The first-order valence-electron chi connectivity index (χ1n) is 5.56. The molecule has 0 aromatic carbocycles. The maximum atomic E-state index is 11.3. The summed E-state index contributed by atoms with van der Waals surface area (Å²) in [5, 5.41) is 13.5. The van der Waals surface area contributed by atoms with Crippen molar-refractivity contribution in [2.24, 2.45) is 0 Å². The van der Waals surface area contributed by atoms with Crippen LogP contribution in [0.15, 0.2) is 0 Å². The van der Waals surface area contributed by atoms with E-state index in [9.17, 15) is 14.4 Å². The molecule has 0 aliphatic carbocycles. The van der Waals surface area contributed by atoms with Crippen LogP contribution in [0.25, 0.3) is 0 Å². The van der Waals surface area contributed by atoms with E-state index in [-0.39, 0.29) is 12.8 Å². The Morgan fingerprint density at radius 2 is 2.00 bits per heavy atom. The molecule has 1 aliphatic rings. The van der Waals surface area contributed by atoms with E-state index in [1.54, 1.807) is 0 Å². The van der Waals surface area contributed by atoms with Gasteiger partial charge < -0.3 is 10.4 Å². The van der Waals surface area contributed by atoms with Gasteiger partial charge in [-0.2, -0.15) is 23.5 Å². The number of rotatable bonds is 5. The molecule has 18 heavy (non-hydrogen) atoms. The molecule has 0 spiro atoms. The summed E-state index contributed by atoms with van der Waals surface area (Å²) in [6, 6.07) is -0.554. The molecule has 6 nitrogen and oxygen atoms in total. The lowest BCUT2D eigenvalue weighted by molar-refractivity contribution is -0.138. The van der Waals surface area contributed by atoms with Crippen LogP contribution in [-0.4, -0.2) is 52.1 Å². The molecule has 3 N–H and O–H groups in total. The average molecular weight is 292 g/mol. The van der Waals surface area contributed by atoms with Crippen molar-refractivity contribution in [1.82, 2.24) is 10.6 Å². The first-order chi connectivity index (χ1) is 8.58. The summed E-state index contributed by atoms with van der Waals surface area (Å²) in [5.41, 5.74) is 0. The summed E-state index contributed by atoms with van der Waals surface area (Å²) in [7, 11) is 0. The molecule has 0 aromatic rings. The minimum Gasteiger partial charge on any atom is -0.481 e. The first-order valence-corrected chi connectivity index (χ1v) is 7.77. The lowest BCUT2D eigenvalue weighted by Gasteiger charge is -2.21. The Morgan fingerprint density at radius 1 is 1.22 bits per heavy atom. The summed E-state index contributed by atoms with van der Waals surface area (Å²) in [6.07, 6.45) is -0.453. The number of amides is 3. The second kappa shape index (κ2) is 8.25. The van der Waals surface area contributed by atoms with Gasteiger partial charge in [0.25, 0.3) is 0 Å². The molecule has 3 amide bonds. The first kappa shape index (κ1) is 15.2. The molecule has 102 valence electrons. The molecule has 0 aromatic heterocycles. The van der Waals surface area contributed by atoms with Crippen LogP contribution in [-0.2, 0) is 9.59 Å². The number of carboxylic acids is 1. The highest BCUT2D eigenvalue weighted by Crippen LogP contribution is 2.23. The highest BCUT2D eigenvalue weighted by Gasteiger charge is 2.16. The normalized spacial score (nSPS) is 19.0. The molecule has 1 rings (SSSR count). The van der Waals surface area contributed by atoms with Gasteiger partial charge in [-0.1, -0.05) is 0 Å². The Kier molecular flexibility index (Phi) is 6.96. The molecule has 0 saturated carbocycles. The van der Waals surface area contributed by atoms with Gasteiger partial charge >= 0.3 is 12.0 Å². The van der Waals surface area contributed by atoms with Gasteiger partial charge in [0.15, 0.2) is 0 Å². The van der Waals surface area contributed by atoms with E-state index >= 15 is 0 Å². The van der Waals surface area contributed by atoms with Crippen LogP contribution >= 0.6 is 23.5 Å². The Bertz CT molecular complexity index is 319. The number of hydrogen-bond acceptors (Lipinski definition) is 5. The standard InChI is InChI=1S/C10H16N2O4S2/c13-8(1-2-9(14)15)12-10(16)11-5-7-6-17-3-4-18-7/h7H,1-6H2,(H,14,15)(H2,11,12,13,16). The van der Waals surface area contributed by atoms with Crippen LogP contribution in [0.2, 0.25) is 0 Å². The maximum Gasteiger partial charge on any atom is 0.321 e. The van der Waals surface area contributed by atoms with Gasteiger partial charge in [0, 0.05) is 35.5 Å². The molecule has 1 heterocycles. The van der Waals surface area contributed by atoms with Crippen molar-refractivity contribution >= 4 is 41.4 Å². The molecule has 1 aliphatic heterocycles. The maximum absolute atomic E-state index is 11.3. The quantitative estimate of drug-likeness (QED) is 0.684. The number of carboxylic acid groups (broad SMARTS) is 1. The predicted octanol–water partition coefficient (Wildman–Crippen LogP) is 0.526. The van der Waals surface area contributed by atoms with E-state index in [4.69, 9.17) is 5.11 Å². The summed E-state index contributed by atoms with van der Waals surface area (Å²) >= 11 is 3.67. The minimum atomic E-state index is -1.05.